The first-order valence-corrected chi connectivity index (χ1v) is 7.95. The van der Waals surface area contributed by atoms with Crippen molar-refractivity contribution in [1.29, 1.82) is 0 Å². The molecule has 0 atom stereocenters. The van der Waals surface area contributed by atoms with Gasteiger partial charge in [0.05, 0.1) is 0 Å². The molecule has 1 heterocycles. The first kappa shape index (κ1) is 19.1. The molecule has 134 valence electrons. The lowest BCUT2D eigenvalue weighted by atomic mass is 10.0. The van der Waals surface area contributed by atoms with Crippen molar-refractivity contribution in [1.82, 2.24) is 5.32 Å². The van der Waals surface area contributed by atoms with Crippen LogP contribution in [0.4, 0.5) is 25.0 Å². The number of halogens is 3. The van der Waals surface area contributed by atoms with Crippen LogP contribution in [-0.2, 0) is 0 Å². The number of nitrogens with zero attached hydrogens (tertiary/aromatic N) is 1. The van der Waals surface area contributed by atoms with E-state index in [9.17, 15) is 13.6 Å². The summed E-state index contributed by atoms with van der Waals surface area (Å²) >= 11 is 0. The van der Waals surface area contributed by atoms with Gasteiger partial charge in [0, 0.05) is 17.4 Å². The molecule has 1 aliphatic rings. The van der Waals surface area contributed by atoms with E-state index in [2.05, 4.69) is 10.6 Å². The van der Waals surface area contributed by atoms with E-state index in [1.165, 1.54) is 30.3 Å². The third kappa shape index (κ3) is 4.90. The van der Waals surface area contributed by atoms with Gasteiger partial charge in [0.25, 0.3) is 0 Å². The SMILES string of the molecule is Cl.O=C(Nc1cccc(F)c1)N(c1ccc(F)cc1)C1CCNCC1. The average Bonchev–Trinajstić information content (AvgIpc) is 2.58. The van der Waals surface area contributed by atoms with E-state index < -0.39 is 5.82 Å². The largest absolute Gasteiger partial charge is 0.326 e. The molecule has 25 heavy (non-hydrogen) atoms. The minimum atomic E-state index is -0.414. The van der Waals surface area contributed by atoms with Crippen LogP contribution in [0, 0.1) is 11.6 Å². The summed E-state index contributed by atoms with van der Waals surface area (Å²) in [5, 5.41) is 5.98. The van der Waals surface area contributed by atoms with Gasteiger partial charge in [-0.05, 0) is 68.4 Å². The van der Waals surface area contributed by atoms with Gasteiger partial charge in [-0.15, -0.1) is 12.4 Å². The third-order valence-electron chi connectivity index (χ3n) is 4.07. The second-order valence-electron chi connectivity index (χ2n) is 5.77. The van der Waals surface area contributed by atoms with Crippen molar-refractivity contribution in [3.8, 4) is 0 Å². The van der Waals surface area contributed by atoms with Gasteiger partial charge in [-0.3, -0.25) is 4.90 Å². The fourth-order valence-corrected chi connectivity index (χ4v) is 2.91. The zero-order valence-electron chi connectivity index (χ0n) is 13.5. The van der Waals surface area contributed by atoms with Crippen molar-refractivity contribution < 1.29 is 13.6 Å². The molecule has 0 aliphatic carbocycles. The van der Waals surface area contributed by atoms with Gasteiger partial charge in [-0.25, -0.2) is 13.6 Å². The highest BCUT2D eigenvalue weighted by molar-refractivity contribution is 6.02. The number of carbonyl (C=O) groups excluding carboxylic acids is 1. The second kappa shape index (κ2) is 8.78. The molecule has 2 N–H and O–H groups in total. The summed E-state index contributed by atoms with van der Waals surface area (Å²) in [6.07, 6.45) is 1.60. The van der Waals surface area contributed by atoms with Crippen molar-refractivity contribution in [2.45, 2.75) is 18.9 Å². The van der Waals surface area contributed by atoms with Gasteiger partial charge in [-0.1, -0.05) is 6.07 Å². The summed E-state index contributed by atoms with van der Waals surface area (Å²) in [6, 6.07) is 11.3. The molecule has 0 spiro atoms. The van der Waals surface area contributed by atoms with Crippen molar-refractivity contribution in [2.24, 2.45) is 0 Å². The maximum absolute atomic E-state index is 13.3. The van der Waals surface area contributed by atoms with E-state index in [0.29, 0.717) is 11.4 Å². The number of benzene rings is 2. The lowest BCUT2D eigenvalue weighted by Crippen LogP contribution is -2.48. The molecule has 0 saturated carbocycles. The van der Waals surface area contributed by atoms with Crippen LogP contribution in [0.25, 0.3) is 0 Å². The molecule has 0 radical (unpaired) electrons. The quantitative estimate of drug-likeness (QED) is 0.854. The molecule has 2 aromatic carbocycles. The molecule has 1 fully saturated rings. The van der Waals surface area contributed by atoms with Gasteiger partial charge in [0.15, 0.2) is 0 Å². The van der Waals surface area contributed by atoms with Gasteiger partial charge in [-0.2, -0.15) is 0 Å². The molecule has 0 aromatic heterocycles. The van der Waals surface area contributed by atoms with Crippen LogP contribution in [-0.4, -0.2) is 25.2 Å². The Morgan fingerprint density at radius 2 is 1.72 bits per heavy atom. The molecular formula is C18H20ClF2N3O. The number of piperidine rings is 1. The van der Waals surface area contributed by atoms with Crippen LogP contribution in [0.3, 0.4) is 0 Å². The van der Waals surface area contributed by atoms with Crippen LogP contribution < -0.4 is 15.5 Å². The van der Waals surface area contributed by atoms with Gasteiger partial charge in [0.2, 0.25) is 0 Å². The van der Waals surface area contributed by atoms with Crippen LogP contribution in [0.15, 0.2) is 48.5 Å². The van der Waals surface area contributed by atoms with Crippen molar-refractivity contribution in [2.75, 3.05) is 23.3 Å². The highest BCUT2D eigenvalue weighted by Crippen LogP contribution is 2.24. The maximum Gasteiger partial charge on any atom is 0.326 e. The number of amides is 2. The predicted molar refractivity (Wildman–Crippen MR) is 97.4 cm³/mol. The molecule has 7 heteroatoms. The monoisotopic (exact) mass is 367 g/mol. The Bertz CT molecular complexity index is 706. The number of hydrogen-bond acceptors (Lipinski definition) is 2. The van der Waals surface area contributed by atoms with E-state index in [1.807, 2.05) is 0 Å². The van der Waals surface area contributed by atoms with Crippen LogP contribution in [0.1, 0.15) is 12.8 Å². The van der Waals surface area contributed by atoms with E-state index >= 15 is 0 Å². The second-order valence-corrected chi connectivity index (χ2v) is 5.77. The molecule has 1 saturated heterocycles. The summed E-state index contributed by atoms with van der Waals surface area (Å²) in [4.78, 5) is 14.4. The average molecular weight is 368 g/mol. The number of anilines is 2. The van der Waals surface area contributed by atoms with Crippen LogP contribution in [0.5, 0.6) is 0 Å². The zero-order chi connectivity index (χ0) is 16.9. The van der Waals surface area contributed by atoms with Crippen LogP contribution in [0.2, 0.25) is 0 Å². The Labute approximate surface area is 151 Å². The molecular weight excluding hydrogens is 348 g/mol. The van der Waals surface area contributed by atoms with Crippen molar-refractivity contribution >= 4 is 29.8 Å². The number of urea groups is 1. The van der Waals surface area contributed by atoms with Crippen molar-refractivity contribution in [3.63, 3.8) is 0 Å². The molecule has 3 rings (SSSR count). The predicted octanol–water partition coefficient (Wildman–Crippen LogP) is 4.18. The van der Waals surface area contributed by atoms with Gasteiger partial charge in [0.1, 0.15) is 11.6 Å². The topological polar surface area (TPSA) is 44.4 Å². The Morgan fingerprint density at radius 1 is 1.04 bits per heavy atom. The first-order valence-electron chi connectivity index (χ1n) is 7.95. The Hall–Kier alpha value is -2.18. The molecule has 0 bridgehead atoms. The third-order valence-corrected chi connectivity index (χ3v) is 4.07. The fraction of sp³-hybridized carbons (Fsp3) is 0.278. The summed E-state index contributed by atoms with van der Waals surface area (Å²) in [5.74, 6) is -0.766. The minimum absolute atomic E-state index is 0. The van der Waals surface area contributed by atoms with E-state index in [4.69, 9.17) is 0 Å². The highest BCUT2D eigenvalue weighted by atomic mass is 35.5. The number of nitrogens with one attached hydrogen (secondary N) is 2. The van der Waals surface area contributed by atoms with Gasteiger partial charge < -0.3 is 10.6 Å². The maximum atomic E-state index is 13.3. The Kier molecular flexibility index (Phi) is 6.73. The summed E-state index contributed by atoms with van der Waals surface area (Å²) in [7, 11) is 0. The minimum Gasteiger partial charge on any atom is -0.317 e. The molecule has 2 amide bonds. The smallest absolute Gasteiger partial charge is 0.317 e. The molecule has 2 aromatic rings. The first-order chi connectivity index (χ1) is 11.6. The Balaban J connectivity index is 0.00000225. The zero-order valence-corrected chi connectivity index (χ0v) is 14.4. The summed E-state index contributed by atoms with van der Waals surface area (Å²) < 4.78 is 26.5. The van der Waals surface area contributed by atoms with Gasteiger partial charge >= 0.3 is 6.03 Å². The summed E-state index contributed by atoms with van der Waals surface area (Å²) in [5.41, 5.74) is 1.01. The highest BCUT2D eigenvalue weighted by Gasteiger charge is 2.27. The number of hydrogen-bond donors (Lipinski definition) is 2. The fourth-order valence-electron chi connectivity index (χ4n) is 2.91. The van der Waals surface area contributed by atoms with Crippen LogP contribution >= 0.6 is 12.4 Å². The molecule has 1 aliphatic heterocycles. The normalized spacial score (nSPS) is 14.5. The van der Waals surface area contributed by atoms with E-state index in [1.54, 1.807) is 23.1 Å². The number of carbonyl (C=O) groups is 1. The Morgan fingerprint density at radius 3 is 2.36 bits per heavy atom. The lowest BCUT2D eigenvalue weighted by Gasteiger charge is -2.34. The number of rotatable bonds is 3. The standard InChI is InChI=1S/C18H19F2N3O.ClH/c19-13-4-6-16(7-5-13)23(17-8-10-21-11-9-17)18(24)22-15-3-1-2-14(20)12-15;/h1-7,12,17,21H,8-11H2,(H,22,24);1H. The van der Waals surface area contributed by atoms with E-state index in [-0.39, 0.29) is 30.3 Å². The molecule has 4 nitrogen and oxygen atoms in total. The van der Waals surface area contributed by atoms with E-state index in [0.717, 1.165) is 25.9 Å². The van der Waals surface area contributed by atoms with Crippen molar-refractivity contribution in [3.05, 3.63) is 60.2 Å². The summed E-state index contributed by atoms with van der Waals surface area (Å²) in [6.45, 7) is 1.63. The molecule has 0 unspecified atom stereocenters. The lowest BCUT2D eigenvalue weighted by molar-refractivity contribution is 0.252.